The number of nitrogens with zero attached hydrogens (tertiary/aromatic N) is 3. The van der Waals surface area contributed by atoms with Gasteiger partial charge in [-0.2, -0.15) is 0 Å². The summed E-state index contributed by atoms with van der Waals surface area (Å²) in [7, 11) is 0. The van der Waals surface area contributed by atoms with Gasteiger partial charge in [0.2, 0.25) is 0 Å². The Morgan fingerprint density at radius 1 is 1.21 bits per heavy atom. The van der Waals surface area contributed by atoms with E-state index in [0.717, 1.165) is 39.1 Å². The van der Waals surface area contributed by atoms with Crippen molar-refractivity contribution in [3.8, 4) is 0 Å². The molecule has 126 valence electrons. The zero-order valence-electron chi connectivity index (χ0n) is 13.4. The lowest BCUT2D eigenvalue weighted by Crippen LogP contribution is -2.61. The van der Waals surface area contributed by atoms with E-state index in [1.807, 2.05) is 12.1 Å². The number of hydrogen-bond acceptors (Lipinski definition) is 6. The Balaban J connectivity index is 1.51. The highest BCUT2D eigenvalue weighted by atomic mass is 16.6. The molecule has 2 saturated heterocycles. The molecule has 0 radical (unpaired) electrons. The van der Waals surface area contributed by atoms with Gasteiger partial charge in [-0.3, -0.25) is 15.1 Å². The van der Waals surface area contributed by atoms with Crippen LogP contribution < -0.4 is 10.2 Å². The van der Waals surface area contributed by atoms with E-state index in [1.165, 1.54) is 0 Å². The second kappa shape index (κ2) is 6.33. The Morgan fingerprint density at radius 2 is 2.00 bits per heavy atom. The molecule has 1 aromatic heterocycles. The number of anilines is 1. The molecule has 0 aliphatic carbocycles. The molecule has 0 spiro atoms. The minimum absolute atomic E-state index is 0.158. The predicted octanol–water partition coefficient (Wildman–Crippen LogP) is 2.10. The van der Waals surface area contributed by atoms with Crippen molar-refractivity contribution in [3.05, 3.63) is 40.6 Å². The van der Waals surface area contributed by atoms with E-state index in [4.69, 9.17) is 4.74 Å². The minimum atomic E-state index is -0.293. The highest BCUT2D eigenvalue weighted by Gasteiger charge is 2.33. The van der Waals surface area contributed by atoms with Gasteiger partial charge in [0, 0.05) is 44.6 Å². The standard InChI is InChI=1S/C17H20N4O3/c22-21(23)17-14-2-1-7-18-15(14)3-4-16(17)20-10-13(11-20)19-12-5-8-24-9-6-12/h1-4,7,12-13,19H,5-6,8-11H2. The number of fused-ring (bicyclic) bond motifs is 1. The van der Waals surface area contributed by atoms with Crippen LogP contribution in [0.2, 0.25) is 0 Å². The highest BCUT2D eigenvalue weighted by Crippen LogP contribution is 2.37. The SMILES string of the molecule is O=[N+]([O-])c1c(N2CC(NC3CCOCC3)C2)ccc2ncccc12. The molecule has 7 nitrogen and oxygen atoms in total. The first-order valence-corrected chi connectivity index (χ1v) is 8.33. The van der Waals surface area contributed by atoms with Crippen LogP contribution in [0.3, 0.4) is 0 Å². The number of nitro groups is 1. The number of nitrogens with one attached hydrogen (secondary N) is 1. The smallest absolute Gasteiger partial charge is 0.301 e. The molecule has 1 aromatic carbocycles. The molecule has 2 aliphatic heterocycles. The van der Waals surface area contributed by atoms with Crippen molar-refractivity contribution >= 4 is 22.3 Å². The normalized spacial score (nSPS) is 19.4. The maximum Gasteiger partial charge on any atom is 0.301 e. The van der Waals surface area contributed by atoms with Crippen LogP contribution in [0.25, 0.3) is 10.9 Å². The van der Waals surface area contributed by atoms with E-state index in [9.17, 15) is 10.1 Å². The number of pyridine rings is 1. The Bertz CT molecular complexity index is 755. The van der Waals surface area contributed by atoms with Crippen molar-refractivity contribution in [1.29, 1.82) is 0 Å². The first-order chi connectivity index (χ1) is 11.7. The van der Waals surface area contributed by atoms with Gasteiger partial charge in [0.25, 0.3) is 0 Å². The van der Waals surface area contributed by atoms with Gasteiger partial charge in [-0.05, 0) is 37.1 Å². The summed E-state index contributed by atoms with van der Waals surface area (Å²) in [5.74, 6) is 0. The molecule has 2 aliphatic rings. The Hall–Kier alpha value is -2.25. The number of ether oxygens (including phenoxy) is 1. The van der Waals surface area contributed by atoms with Crippen LogP contribution in [0.15, 0.2) is 30.5 Å². The maximum atomic E-state index is 11.6. The fourth-order valence-corrected chi connectivity index (χ4v) is 3.55. The molecular weight excluding hydrogens is 308 g/mol. The first kappa shape index (κ1) is 15.3. The summed E-state index contributed by atoms with van der Waals surface area (Å²) in [6.45, 7) is 3.22. The molecular formula is C17H20N4O3. The van der Waals surface area contributed by atoms with Crippen molar-refractivity contribution in [3.63, 3.8) is 0 Å². The monoisotopic (exact) mass is 328 g/mol. The third kappa shape index (κ3) is 2.81. The van der Waals surface area contributed by atoms with E-state index in [-0.39, 0.29) is 10.6 Å². The molecule has 0 saturated carbocycles. The second-order valence-electron chi connectivity index (χ2n) is 6.42. The van der Waals surface area contributed by atoms with Gasteiger partial charge >= 0.3 is 5.69 Å². The van der Waals surface area contributed by atoms with E-state index in [1.54, 1.807) is 18.3 Å². The number of rotatable bonds is 4. The maximum absolute atomic E-state index is 11.6. The van der Waals surface area contributed by atoms with E-state index in [2.05, 4.69) is 15.2 Å². The summed E-state index contributed by atoms with van der Waals surface area (Å²) in [5.41, 5.74) is 1.50. The van der Waals surface area contributed by atoms with Crippen molar-refractivity contribution in [2.75, 3.05) is 31.2 Å². The third-order valence-electron chi connectivity index (χ3n) is 4.83. The van der Waals surface area contributed by atoms with Crippen LogP contribution >= 0.6 is 0 Å². The van der Waals surface area contributed by atoms with Crippen LogP contribution in [0, 0.1) is 10.1 Å². The molecule has 1 N–H and O–H groups in total. The van der Waals surface area contributed by atoms with E-state index < -0.39 is 0 Å². The number of benzene rings is 1. The molecule has 0 unspecified atom stereocenters. The molecule has 7 heteroatoms. The first-order valence-electron chi connectivity index (χ1n) is 8.33. The molecule has 4 rings (SSSR count). The summed E-state index contributed by atoms with van der Waals surface area (Å²) >= 11 is 0. The second-order valence-corrected chi connectivity index (χ2v) is 6.42. The van der Waals surface area contributed by atoms with Gasteiger partial charge in [-0.1, -0.05) is 0 Å². The van der Waals surface area contributed by atoms with E-state index in [0.29, 0.717) is 28.7 Å². The summed E-state index contributed by atoms with van der Waals surface area (Å²) in [6, 6.07) is 8.07. The largest absolute Gasteiger partial charge is 0.381 e. The van der Waals surface area contributed by atoms with Crippen molar-refractivity contribution in [2.45, 2.75) is 24.9 Å². The third-order valence-corrected chi connectivity index (χ3v) is 4.83. The Labute approximate surface area is 139 Å². The topological polar surface area (TPSA) is 80.5 Å². The fourth-order valence-electron chi connectivity index (χ4n) is 3.55. The van der Waals surface area contributed by atoms with Gasteiger partial charge in [0.05, 0.1) is 15.8 Å². The molecule has 2 fully saturated rings. The predicted molar refractivity (Wildman–Crippen MR) is 91.4 cm³/mol. The molecule has 2 aromatic rings. The van der Waals surface area contributed by atoms with Crippen LogP contribution in [-0.4, -0.2) is 48.3 Å². The van der Waals surface area contributed by atoms with E-state index >= 15 is 0 Å². The lowest BCUT2D eigenvalue weighted by atomic mass is 10.0. The van der Waals surface area contributed by atoms with Gasteiger partial charge in [-0.15, -0.1) is 0 Å². The molecule has 24 heavy (non-hydrogen) atoms. The zero-order chi connectivity index (χ0) is 16.5. The number of nitro benzene ring substituents is 1. The zero-order valence-corrected chi connectivity index (χ0v) is 13.4. The summed E-state index contributed by atoms with van der Waals surface area (Å²) in [5, 5.41) is 15.8. The molecule has 0 atom stereocenters. The van der Waals surface area contributed by atoms with Gasteiger partial charge in [0.15, 0.2) is 0 Å². The number of aromatic nitrogens is 1. The minimum Gasteiger partial charge on any atom is -0.381 e. The average molecular weight is 328 g/mol. The van der Waals surface area contributed by atoms with Crippen molar-refractivity contribution in [1.82, 2.24) is 10.3 Å². The van der Waals surface area contributed by atoms with Gasteiger partial charge < -0.3 is 15.0 Å². The van der Waals surface area contributed by atoms with Crippen LogP contribution in [0.4, 0.5) is 11.4 Å². The highest BCUT2D eigenvalue weighted by molar-refractivity contribution is 5.94. The fraction of sp³-hybridized carbons (Fsp3) is 0.471. The molecule has 3 heterocycles. The Kier molecular flexibility index (Phi) is 4.03. The molecule has 0 bridgehead atoms. The van der Waals surface area contributed by atoms with Crippen LogP contribution in [0.1, 0.15) is 12.8 Å². The molecule has 0 amide bonds. The van der Waals surface area contributed by atoms with Gasteiger partial charge in [-0.25, -0.2) is 0 Å². The van der Waals surface area contributed by atoms with Crippen molar-refractivity contribution < 1.29 is 9.66 Å². The summed E-state index contributed by atoms with van der Waals surface area (Å²) < 4.78 is 5.38. The number of hydrogen-bond donors (Lipinski definition) is 1. The Morgan fingerprint density at radius 3 is 2.75 bits per heavy atom. The average Bonchev–Trinajstić information content (AvgIpc) is 2.57. The van der Waals surface area contributed by atoms with Gasteiger partial charge in [0.1, 0.15) is 5.69 Å². The van der Waals surface area contributed by atoms with Crippen molar-refractivity contribution in [2.24, 2.45) is 0 Å². The van der Waals surface area contributed by atoms with Crippen LogP contribution in [0.5, 0.6) is 0 Å². The lowest BCUT2D eigenvalue weighted by Gasteiger charge is -2.43. The lowest BCUT2D eigenvalue weighted by molar-refractivity contribution is -0.382. The summed E-state index contributed by atoms with van der Waals surface area (Å²) in [4.78, 5) is 17.6. The van der Waals surface area contributed by atoms with Crippen LogP contribution in [-0.2, 0) is 4.74 Å². The summed E-state index contributed by atoms with van der Waals surface area (Å²) in [6.07, 6.45) is 3.74. The quantitative estimate of drug-likeness (QED) is 0.684.